The average Bonchev–Trinajstić information content (AvgIpc) is 3.57. The maximum atomic E-state index is 12.7. The van der Waals surface area contributed by atoms with E-state index in [0.717, 1.165) is 77.5 Å². The standard InChI is InChI=1S/C30H35N3O5/c1-17-10-11-23-25(32(17)30(36)37-3)12-13-26-27(23)31-29(33(26)21-8-4-6-19(14-21)18(2)34)28(35)22-9-5-7-20-15-38-16-24(20)22/h5,7,9,12-13,17,19,21,28,35H,4,6,8,10-11,14-16H2,1-3H3/t17-,19+,21+,28-/m0/s1. The lowest BCUT2D eigenvalue weighted by Crippen LogP contribution is -2.42. The lowest BCUT2D eigenvalue weighted by atomic mass is 9.83. The highest BCUT2D eigenvalue weighted by Gasteiger charge is 2.35. The Hall–Kier alpha value is -3.23. The van der Waals surface area contributed by atoms with Crippen LogP contribution >= 0.6 is 0 Å². The molecule has 3 aliphatic rings. The lowest BCUT2D eigenvalue weighted by molar-refractivity contribution is -0.122. The number of aromatic nitrogens is 2. The van der Waals surface area contributed by atoms with Crippen LogP contribution in [0.15, 0.2) is 30.3 Å². The van der Waals surface area contributed by atoms with Crippen LogP contribution in [0.5, 0.6) is 0 Å². The third-order valence-electron chi connectivity index (χ3n) is 8.79. The Morgan fingerprint density at radius 1 is 1.13 bits per heavy atom. The molecule has 1 amide bonds. The van der Waals surface area contributed by atoms with E-state index >= 15 is 0 Å². The summed E-state index contributed by atoms with van der Waals surface area (Å²) in [5.41, 5.74) is 6.50. The van der Waals surface area contributed by atoms with Gasteiger partial charge < -0.3 is 19.1 Å². The highest BCUT2D eigenvalue weighted by Crippen LogP contribution is 2.43. The van der Waals surface area contributed by atoms with Crippen molar-refractivity contribution in [3.8, 4) is 0 Å². The number of Topliss-reactive ketones (excluding diaryl/α,β-unsaturated/α-hetero) is 1. The fourth-order valence-electron chi connectivity index (χ4n) is 6.76. The molecule has 4 atom stereocenters. The molecule has 1 aromatic heterocycles. The van der Waals surface area contributed by atoms with Crippen LogP contribution < -0.4 is 4.90 Å². The number of hydrogen-bond acceptors (Lipinski definition) is 6. The molecular formula is C30H35N3O5. The van der Waals surface area contributed by atoms with Crippen molar-refractivity contribution in [3.63, 3.8) is 0 Å². The van der Waals surface area contributed by atoms with Crippen molar-refractivity contribution in [1.82, 2.24) is 9.55 Å². The molecule has 0 spiro atoms. The van der Waals surface area contributed by atoms with Crippen molar-refractivity contribution in [2.24, 2.45) is 5.92 Å². The third-order valence-corrected chi connectivity index (χ3v) is 8.79. The fourth-order valence-corrected chi connectivity index (χ4v) is 6.76. The van der Waals surface area contributed by atoms with Gasteiger partial charge in [0.15, 0.2) is 0 Å². The molecule has 3 aromatic rings. The Morgan fingerprint density at radius 3 is 2.76 bits per heavy atom. The Balaban J connectivity index is 1.54. The van der Waals surface area contributed by atoms with Crippen molar-refractivity contribution in [2.75, 3.05) is 12.0 Å². The average molecular weight is 518 g/mol. The van der Waals surface area contributed by atoms with Gasteiger partial charge in [0, 0.05) is 23.6 Å². The number of carbonyl (C=O) groups is 2. The summed E-state index contributed by atoms with van der Waals surface area (Å²) in [5, 5.41) is 11.9. The zero-order valence-corrected chi connectivity index (χ0v) is 22.3. The van der Waals surface area contributed by atoms with Gasteiger partial charge in [-0.05, 0) is 74.8 Å². The Morgan fingerprint density at radius 2 is 1.97 bits per heavy atom. The number of amides is 1. The molecule has 1 saturated carbocycles. The summed E-state index contributed by atoms with van der Waals surface area (Å²) >= 11 is 0. The number of imidazole rings is 1. The molecule has 3 heterocycles. The highest BCUT2D eigenvalue weighted by atomic mass is 16.5. The first kappa shape index (κ1) is 25.1. The summed E-state index contributed by atoms with van der Waals surface area (Å²) in [4.78, 5) is 31.9. The minimum absolute atomic E-state index is 0.0128. The van der Waals surface area contributed by atoms with Crippen molar-refractivity contribution < 1.29 is 24.2 Å². The number of carbonyl (C=O) groups excluding carboxylic acids is 2. The number of rotatable bonds is 4. The molecule has 0 bridgehead atoms. The summed E-state index contributed by atoms with van der Waals surface area (Å²) in [6.45, 7) is 4.73. The number of aliphatic hydroxyl groups excluding tert-OH is 1. The lowest BCUT2D eigenvalue weighted by Gasteiger charge is -2.34. The molecule has 2 aliphatic heterocycles. The van der Waals surface area contributed by atoms with E-state index in [1.54, 1.807) is 11.8 Å². The van der Waals surface area contributed by atoms with Gasteiger partial charge in [0.1, 0.15) is 17.7 Å². The monoisotopic (exact) mass is 517 g/mol. The van der Waals surface area contributed by atoms with Crippen molar-refractivity contribution >= 4 is 28.6 Å². The van der Waals surface area contributed by atoms with Gasteiger partial charge in [-0.15, -0.1) is 0 Å². The van der Waals surface area contributed by atoms with Crippen LogP contribution in [-0.2, 0) is 33.9 Å². The zero-order chi connectivity index (χ0) is 26.6. The first-order valence-corrected chi connectivity index (χ1v) is 13.7. The topological polar surface area (TPSA) is 93.9 Å². The number of hydrogen-bond donors (Lipinski definition) is 1. The summed E-state index contributed by atoms with van der Waals surface area (Å²) in [6.07, 6.45) is 3.78. The number of ketones is 1. The predicted molar refractivity (Wildman–Crippen MR) is 143 cm³/mol. The van der Waals surface area contributed by atoms with Crippen molar-refractivity contribution in [1.29, 1.82) is 0 Å². The summed E-state index contributed by atoms with van der Waals surface area (Å²) in [7, 11) is 1.40. The van der Waals surface area contributed by atoms with Gasteiger partial charge in [-0.2, -0.15) is 0 Å². The smallest absolute Gasteiger partial charge is 0.414 e. The van der Waals surface area contributed by atoms with E-state index in [2.05, 4.69) is 4.57 Å². The van der Waals surface area contributed by atoms with Crippen LogP contribution in [0.25, 0.3) is 11.0 Å². The molecule has 0 saturated heterocycles. The van der Waals surface area contributed by atoms with Crippen LogP contribution in [0.3, 0.4) is 0 Å². The number of benzene rings is 2. The van der Waals surface area contributed by atoms with Gasteiger partial charge in [-0.25, -0.2) is 9.78 Å². The maximum Gasteiger partial charge on any atom is 0.414 e. The molecule has 1 N–H and O–H groups in total. The van der Waals surface area contributed by atoms with E-state index in [0.29, 0.717) is 19.0 Å². The largest absolute Gasteiger partial charge is 0.452 e. The van der Waals surface area contributed by atoms with Crippen molar-refractivity contribution in [3.05, 3.63) is 58.4 Å². The molecule has 6 rings (SSSR count). The number of anilines is 1. The first-order chi connectivity index (χ1) is 18.4. The SMILES string of the molecule is COC(=O)N1c2ccc3c(nc([C@@H](O)c4cccc5c4COC5)n3[C@@H]3CCC[C@@H](C(C)=O)C3)c2CC[C@@H]1C. The van der Waals surface area contributed by atoms with E-state index in [9.17, 15) is 14.7 Å². The number of ether oxygens (including phenoxy) is 2. The molecule has 1 aliphatic carbocycles. The Labute approximate surface area is 222 Å². The second kappa shape index (κ2) is 9.82. The third kappa shape index (κ3) is 4.01. The molecule has 8 nitrogen and oxygen atoms in total. The number of methoxy groups -OCH3 is 1. The first-order valence-electron chi connectivity index (χ1n) is 13.7. The summed E-state index contributed by atoms with van der Waals surface area (Å²) < 4.78 is 13.0. The fraction of sp³-hybridized carbons (Fsp3) is 0.500. The van der Waals surface area contributed by atoms with Gasteiger partial charge in [-0.3, -0.25) is 9.69 Å². The minimum atomic E-state index is -0.938. The van der Waals surface area contributed by atoms with E-state index in [1.807, 2.05) is 37.3 Å². The van der Waals surface area contributed by atoms with Crippen LogP contribution in [0, 0.1) is 5.92 Å². The molecule has 8 heteroatoms. The van der Waals surface area contributed by atoms with Gasteiger partial charge in [-0.1, -0.05) is 24.6 Å². The zero-order valence-electron chi connectivity index (χ0n) is 22.3. The molecule has 38 heavy (non-hydrogen) atoms. The molecule has 0 radical (unpaired) electrons. The Bertz CT molecular complexity index is 1410. The Kier molecular flexibility index (Phi) is 6.48. The van der Waals surface area contributed by atoms with Crippen LogP contribution in [0.1, 0.15) is 86.2 Å². The molecule has 0 unspecified atom stereocenters. The number of fused-ring (bicyclic) bond motifs is 4. The number of aliphatic hydroxyl groups is 1. The van der Waals surface area contributed by atoms with E-state index in [4.69, 9.17) is 14.5 Å². The molecule has 200 valence electrons. The van der Waals surface area contributed by atoms with E-state index in [1.165, 1.54) is 7.11 Å². The second-order valence-electron chi connectivity index (χ2n) is 11.0. The number of nitrogens with zero attached hydrogens (tertiary/aromatic N) is 3. The van der Waals surface area contributed by atoms with Crippen LogP contribution in [0.4, 0.5) is 10.5 Å². The summed E-state index contributed by atoms with van der Waals surface area (Å²) in [5.74, 6) is 0.823. The minimum Gasteiger partial charge on any atom is -0.452 e. The van der Waals surface area contributed by atoms with Gasteiger partial charge in [0.05, 0.1) is 37.0 Å². The van der Waals surface area contributed by atoms with E-state index in [-0.39, 0.29) is 29.9 Å². The van der Waals surface area contributed by atoms with Gasteiger partial charge in [0.2, 0.25) is 0 Å². The van der Waals surface area contributed by atoms with Crippen LogP contribution in [-0.4, -0.2) is 39.7 Å². The van der Waals surface area contributed by atoms with E-state index < -0.39 is 6.10 Å². The maximum absolute atomic E-state index is 12.7. The predicted octanol–water partition coefficient (Wildman–Crippen LogP) is 5.38. The van der Waals surface area contributed by atoms with Gasteiger partial charge >= 0.3 is 6.09 Å². The normalized spacial score (nSPS) is 23.7. The van der Waals surface area contributed by atoms with Gasteiger partial charge in [0.25, 0.3) is 0 Å². The molecular weight excluding hydrogens is 482 g/mol. The highest BCUT2D eigenvalue weighted by molar-refractivity contribution is 5.95. The van der Waals surface area contributed by atoms with Crippen LogP contribution in [0.2, 0.25) is 0 Å². The second-order valence-corrected chi connectivity index (χ2v) is 11.0. The number of aryl methyl sites for hydroxylation is 1. The molecule has 2 aromatic carbocycles. The summed E-state index contributed by atoms with van der Waals surface area (Å²) in [6, 6.07) is 10.0. The van der Waals surface area contributed by atoms with Crippen molar-refractivity contribution in [2.45, 2.75) is 83.8 Å². The quantitative estimate of drug-likeness (QED) is 0.500. The molecule has 1 fully saturated rings.